The minimum Gasteiger partial charge on any atom is -0.494 e. The summed E-state index contributed by atoms with van der Waals surface area (Å²) in [6.45, 7) is 2.46. The number of rotatable bonds is 3. The molecule has 5 heteroatoms. The van der Waals surface area contributed by atoms with Crippen molar-refractivity contribution in [2.24, 2.45) is 0 Å². The van der Waals surface area contributed by atoms with Gasteiger partial charge in [-0.1, -0.05) is 15.9 Å². The van der Waals surface area contributed by atoms with Crippen LogP contribution in [0.5, 0.6) is 5.75 Å². The predicted molar refractivity (Wildman–Crippen MR) is 101 cm³/mol. The molecular formula is C21H21BrO4. The Kier molecular flexibility index (Phi) is 4.74. The number of allylic oxidation sites excluding steroid dienone is 4. The standard InChI is InChI=1S/C21H21BrO4/c1-2-25-16-10-9-12(22)11-13(16)19-20-14(23)5-3-7-17(20)26-18-8-4-6-15(24)21(18)19/h9-11,19H,2-8H2,1H3. The number of hydrogen-bond acceptors (Lipinski definition) is 4. The summed E-state index contributed by atoms with van der Waals surface area (Å²) in [4.78, 5) is 25.6. The third kappa shape index (κ3) is 2.92. The molecule has 0 bridgehead atoms. The Morgan fingerprint density at radius 1 is 1.04 bits per heavy atom. The number of hydrogen-bond donors (Lipinski definition) is 0. The highest BCUT2D eigenvalue weighted by atomic mass is 79.9. The smallest absolute Gasteiger partial charge is 0.163 e. The van der Waals surface area contributed by atoms with E-state index in [1.807, 2.05) is 25.1 Å². The average molecular weight is 417 g/mol. The van der Waals surface area contributed by atoms with Gasteiger partial charge in [-0.15, -0.1) is 0 Å². The first kappa shape index (κ1) is 17.5. The van der Waals surface area contributed by atoms with E-state index >= 15 is 0 Å². The summed E-state index contributed by atoms with van der Waals surface area (Å²) in [5, 5.41) is 0. The van der Waals surface area contributed by atoms with Gasteiger partial charge >= 0.3 is 0 Å². The van der Waals surface area contributed by atoms with Gasteiger partial charge in [0.25, 0.3) is 0 Å². The van der Waals surface area contributed by atoms with Gasteiger partial charge in [-0.25, -0.2) is 0 Å². The molecule has 0 N–H and O–H groups in total. The summed E-state index contributed by atoms with van der Waals surface area (Å²) < 4.78 is 12.8. The highest BCUT2D eigenvalue weighted by Gasteiger charge is 2.42. The lowest BCUT2D eigenvalue weighted by atomic mass is 9.73. The number of ether oxygens (including phenoxy) is 2. The predicted octanol–water partition coefficient (Wildman–Crippen LogP) is 4.98. The van der Waals surface area contributed by atoms with E-state index in [0.717, 1.165) is 53.0 Å². The molecule has 3 aliphatic rings. The summed E-state index contributed by atoms with van der Waals surface area (Å²) in [7, 11) is 0. The van der Waals surface area contributed by atoms with Crippen LogP contribution in [0.2, 0.25) is 0 Å². The minimum absolute atomic E-state index is 0.0867. The van der Waals surface area contributed by atoms with Crippen molar-refractivity contribution in [1.29, 1.82) is 0 Å². The van der Waals surface area contributed by atoms with E-state index in [2.05, 4.69) is 15.9 Å². The number of ketones is 2. The van der Waals surface area contributed by atoms with Crippen LogP contribution >= 0.6 is 15.9 Å². The molecule has 0 radical (unpaired) electrons. The summed E-state index contributed by atoms with van der Waals surface area (Å²) >= 11 is 3.53. The highest BCUT2D eigenvalue weighted by Crippen LogP contribution is 2.50. The fraction of sp³-hybridized carbons (Fsp3) is 0.429. The summed E-state index contributed by atoms with van der Waals surface area (Å²) in [6, 6.07) is 5.79. The van der Waals surface area contributed by atoms with E-state index < -0.39 is 0 Å². The van der Waals surface area contributed by atoms with Crippen LogP contribution in [0, 0.1) is 0 Å². The van der Waals surface area contributed by atoms with Crippen LogP contribution in [0.25, 0.3) is 0 Å². The Morgan fingerprint density at radius 3 is 2.23 bits per heavy atom. The first-order valence-electron chi connectivity index (χ1n) is 9.22. The van der Waals surface area contributed by atoms with Crippen LogP contribution in [0.4, 0.5) is 0 Å². The Hall–Kier alpha value is -1.88. The number of benzene rings is 1. The van der Waals surface area contributed by atoms with Gasteiger partial charge in [0.1, 0.15) is 17.3 Å². The van der Waals surface area contributed by atoms with Gasteiger partial charge in [-0.05, 0) is 38.0 Å². The monoisotopic (exact) mass is 416 g/mol. The number of carbonyl (C=O) groups excluding carboxylic acids is 2. The summed E-state index contributed by atoms with van der Waals surface area (Å²) in [5.74, 6) is 2.02. The SMILES string of the molecule is CCOc1ccc(Br)cc1C1C2=C(CCCC2=O)OC2=C1C(=O)CCC2. The normalized spacial score (nSPS) is 20.7. The topological polar surface area (TPSA) is 52.6 Å². The average Bonchev–Trinajstić information content (AvgIpc) is 2.62. The van der Waals surface area contributed by atoms with Crippen LogP contribution in [-0.2, 0) is 14.3 Å². The Bertz CT molecular complexity index is 808. The van der Waals surface area contributed by atoms with Crippen LogP contribution in [-0.4, -0.2) is 18.2 Å². The van der Waals surface area contributed by atoms with Crippen molar-refractivity contribution in [3.05, 3.63) is 50.9 Å². The second-order valence-corrected chi connectivity index (χ2v) is 7.79. The van der Waals surface area contributed by atoms with Crippen molar-refractivity contribution in [3.63, 3.8) is 0 Å². The molecule has 26 heavy (non-hydrogen) atoms. The first-order chi connectivity index (χ1) is 12.6. The third-order valence-corrected chi connectivity index (χ3v) is 5.72. The molecule has 2 aliphatic carbocycles. The lowest BCUT2D eigenvalue weighted by molar-refractivity contribution is -0.117. The largest absolute Gasteiger partial charge is 0.494 e. The maximum atomic E-state index is 12.8. The maximum absolute atomic E-state index is 12.8. The second-order valence-electron chi connectivity index (χ2n) is 6.88. The van der Waals surface area contributed by atoms with Gasteiger partial charge in [0.15, 0.2) is 11.6 Å². The molecule has 0 fully saturated rings. The van der Waals surface area contributed by atoms with E-state index in [1.54, 1.807) is 0 Å². The van der Waals surface area contributed by atoms with Gasteiger partial charge in [0.2, 0.25) is 0 Å². The van der Waals surface area contributed by atoms with Crippen LogP contribution in [0.3, 0.4) is 0 Å². The van der Waals surface area contributed by atoms with Crippen molar-refractivity contribution < 1.29 is 19.1 Å². The first-order valence-corrected chi connectivity index (χ1v) is 10.0. The van der Waals surface area contributed by atoms with E-state index in [0.29, 0.717) is 30.6 Å². The van der Waals surface area contributed by atoms with Crippen molar-refractivity contribution >= 4 is 27.5 Å². The van der Waals surface area contributed by atoms with E-state index in [1.165, 1.54) is 0 Å². The molecule has 1 aromatic rings. The molecule has 0 aromatic heterocycles. The molecule has 0 saturated carbocycles. The molecule has 1 aliphatic heterocycles. The zero-order valence-corrected chi connectivity index (χ0v) is 16.4. The summed E-state index contributed by atoms with van der Waals surface area (Å²) in [5.41, 5.74) is 2.18. The van der Waals surface area contributed by atoms with Crippen molar-refractivity contribution in [1.82, 2.24) is 0 Å². The van der Waals surface area contributed by atoms with E-state index in [9.17, 15) is 9.59 Å². The Balaban J connectivity index is 1.94. The molecule has 4 rings (SSSR count). The van der Waals surface area contributed by atoms with Crippen molar-refractivity contribution in [2.45, 2.75) is 51.4 Å². The van der Waals surface area contributed by atoms with Gasteiger partial charge in [0, 0.05) is 46.9 Å². The number of Topliss-reactive ketones (excluding diaryl/α,β-unsaturated/α-hetero) is 2. The molecule has 0 amide bonds. The number of carbonyl (C=O) groups is 2. The molecule has 0 atom stereocenters. The third-order valence-electron chi connectivity index (χ3n) is 5.22. The Labute approximate surface area is 161 Å². The van der Waals surface area contributed by atoms with Gasteiger partial charge in [-0.3, -0.25) is 9.59 Å². The zero-order chi connectivity index (χ0) is 18.3. The molecule has 1 aromatic carbocycles. The second kappa shape index (κ2) is 7.03. The molecule has 0 saturated heterocycles. The lowest BCUT2D eigenvalue weighted by Gasteiger charge is -2.36. The molecule has 4 nitrogen and oxygen atoms in total. The van der Waals surface area contributed by atoms with Crippen molar-refractivity contribution in [3.8, 4) is 5.75 Å². The van der Waals surface area contributed by atoms with Crippen LogP contribution in [0.15, 0.2) is 45.3 Å². The van der Waals surface area contributed by atoms with Gasteiger partial charge in [-0.2, -0.15) is 0 Å². The molecule has 0 spiro atoms. The quantitative estimate of drug-likeness (QED) is 0.697. The Morgan fingerprint density at radius 2 is 1.65 bits per heavy atom. The highest BCUT2D eigenvalue weighted by molar-refractivity contribution is 9.10. The summed E-state index contributed by atoms with van der Waals surface area (Å²) in [6.07, 6.45) is 4.12. The molecule has 136 valence electrons. The van der Waals surface area contributed by atoms with Gasteiger partial charge in [0.05, 0.1) is 12.5 Å². The van der Waals surface area contributed by atoms with Gasteiger partial charge < -0.3 is 9.47 Å². The zero-order valence-electron chi connectivity index (χ0n) is 14.8. The molecule has 1 heterocycles. The fourth-order valence-corrected chi connectivity index (χ4v) is 4.54. The van der Waals surface area contributed by atoms with Crippen molar-refractivity contribution in [2.75, 3.05) is 6.61 Å². The minimum atomic E-state index is -0.381. The maximum Gasteiger partial charge on any atom is 0.163 e. The fourth-order valence-electron chi connectivity index (χ4n) is 4.16. The number of halogens is 1. The molecular weight excluding hydrogens is 396 g/mol. The molecule has 0 unspecified atom stereocenters. The lowest BCUT2D eigenvalue weighted by Crippen LogP contribution is -2.30. The van der Waals surface area contributed by atoms with Crippen LogP contribution < -0.4 is 4.74 Å². The van der Waals surface area contributed by atoms with E-state index in [4.69, 9.17) is 9.47 Å². The van der Waals surface area contributed by atoms with Crippen LogP contribution in [0.1, 0.15) is 56.9 Å². The van der Waals surface area contributed by atoms with E-state index in [-0.39, 0.29) is 17.5 Å².